The van der Waals surface area contributed by atoms with Crippen LogP contribution in [0.1, 0.15) is 64.7 Å². The van der Waals surface area contributed by atoms with Crippen LogP contribution in [0.5, 0.6) is 0 Å². The summed E-state index contributed by atoms with van der Waals surface area (Å²) in [5.74, 6) is 3.26. The molecule has 1 N–H and O–H groups in total. The van der Waals surface area contributed by atoms with E-state index in [-0.39, 0.29) is 5.91 Å². The third-order valence-corrected chi connectivity index (χ3v) is 7.42. The topological polar surface area (TPSA) is 48.5 Å². The van der Waals surface area contributed by atoms with Crippen LogP contribution in [0.25, 0.3) is 5.57 Å². The van der Waals surface area contributed by atoms with Crippen LogP contribution in [-0.2, 0) is 4.79 Å². The van der Waals surface area contributed by atoms with Crippen LogP contribution in [0.15, 0.2) is 53.3 Å². The van der Waals surface area contributed by atoms with Crippen molar-refractivity contribution in [3.8, 4) is 12.3 Å². The predicted molar refractivity (Wildman–Crippen MR) is 130 cm³/mol. The number of hydrogen-bond acceptors (Lipinski definition) is 2. The number of carbonyl (C=O) groups excluding carboxylic acids is 1. The maximum absolute atomic E-state index is 13.3. The highest BCUT2D eigenvalue weighted by Crippen LogP contribution is 2.51. The highest BCUT2D eigenvalue weighted by molar-refractivity contribution is 5.79. The zero-order valence-electron chi connectivity index (χ0n) is 19.3. The smallest absolute Gasteiger partial charge is 0.226 e. The first-order valence-corrected chi connectivity index (χ1v) is 12.1. The summed E-state index contributed by atoms with van der Waals surface area (Å²) in [4.78, 5) is 23.4. The molecule has 1 aromatic heterocycles. The number of allylic oxidation sites excluding steroid dienone is 4. The second kappa shape index (κ2) is 10.2. The van der Waals surface area contributed by atoms with Crippen LogP contribution in [0.2, 0.25) is 0 Å². The number of H-pyrrole nitrogens is 1. The minimum Gasteiger partial charge on any atom is -0.346 e. The van der Waals surface area contributed by atoms with E-state index in [1.807, 2.05) is 31.5 Å². The van der Waals surface area contributed by atoms with Crippen LogP contribution < -0.4 is 10.7 Å². The van der Waals surface area contributed by atoms with E-state index < -0.39 is 0 Å². The molecule has 0 aromatic carbocycles. The monoisotopic (exact) mass is 429 g/mol. The van der Waals surface area contributed by atoms with Crippen LogP contribution in [0, 0.1) is 23.7 Å². The number of nitrogens with one attached hydrogen (secondary N) is 1. The summed E-state index contributed by atoms with van der Waals surface area (Å²) >= 11 is 0. The third-order valence-electron chi connectivity index (χ3n) is 7.42. The number of aromatic nitrogens is 1. The average molecular weight is 430 g/mol. The maximum atomic E-state index is 13.3. The van der Waals surface area contributed by atoms with Gasteiger partial charge in [-0.15, -0.1) is 6.42 Å². The summed E-state index contributed by atoms with van der Waals surface area (Å²) in [5.41, 5.74) is 3.84. The second-order valence-corrected chi connectivity index (χ2v) is 9.55. The third kappa shape index (κ3) is 5.33. The molecule has 4 heteroatoms. The lowest BCUT2D eigenvalue weighted by atomic mass is 9.85. The van der Waals surface area contributed by atoms with E-state index >= 15 is 0 Å². The van der Waals surface area contributed by atoms with Crippen molar-refractivity contribution in [2.45, 2.75) is 64.7 Å². The van der Waals surface area contributed by atoms with Crippen LogP contribution in [0.4, 0.5) is 0 Å². The van der Waals surface area contributed by atoms with Gasteiger partial charge in [0.25, 0.3) is 0 Å². The molecule has 0 radical (unpaired) electrons. The van der Waals surface area contributed by atoms with Crippen molar-refractivity contribution >= 4 is 11.5 Å². The average Bonchev–Trinajstić information content (AvgIpc) is 3.37. The Labute approximate surface area is 191 Å². The SMILES string of the molecule is C#CC=CC(=CC)CC(=O)N1CCC(C2=c3cc[nH]c3=NC=CCC2)CCCC2(CC2)C1. The molecule has 1 saturated heterocycles. The second-order valence-electron chi connectivity index (χ2n) is 9.55. The fourth-order valence-corrected chi connectivity index (χ4v) is 5.31. The standard InChI is InChI=1S/C28H35N3O/c1-3-5-9-22(4-2)20-26(32)31-19-13-23(10-8-14-28(21-31)15-16-28)24-11-6-7-17-29-27-25(24)12-18-30-27/h1,4-5,7,9,12,17-18,23H,6,8,10-11,13-16,19-21H2,2H3,(H,29,30). The molecule has 3 heterocycles. The first kappa shape index (κ1) is 22.4. The Morgan fingerprint density at radius 3 is 3.03 bits per heavy atom. The van der Waals surface area contributed by atoms with Gasteiger partial charge in [-0.3, -0.25) is 4.79 Å². The molecular weight excluding hydrogens is 394 g/mol. The first-order valence-electron chi connectivity index (χ1n) is 12.1. The Bertz CT molecular complexity index is 1070. The summed E-state index contributed by atoms with van der Waals surface area (Å²) < 4.78 is 0. The van der Waals surface area contributed by atoms with Gasteiger partial charge in [0, 0.05) is 30.7 Å². The summed E-state index contributed by atoms with van der Waals surface area (Å²) in [6.07, 6.45) is 26.8. The summed E-state index contributed by atoms with van der Waals surface area (Å²) in [5, 5.41) is 1.27. The Morgan fingerprint density at radius 2 is 2.25 bits per heavy atom. The highest BCUT2D eigenvalue weighted by atomic mass is 16.2. The van der Waals surface area contributed by atoms with Crippen molar-refractivity contribution in [3.05, 3.63) is 59.0 Å². The Kier molecular flexibility index (Phi) is 7.15. The van der Waals surface area contributed by atoms with Gasteiger partial charge in [-0.2, -0.15) is 0 Å². The van der Waals surface area contributed by atoms with Crippen molar-refractivity contribution in [2.24, 2.45) is 16.3 Å². The maximum Gasteiger partial charge on any atom is 0.226 e. The Hall–Kier alpha value is -2.80. The van der Waals surface area contributed by atoms with E-state index in [2.05, 4.69) is 32.9 Å². The normalized spacial score (nSPS) is 23.4. The number of terminal acetylenes is 1. The molecule has 1 spiro atoms. The Morgan fingerprint density at radius 1 is 1.38 bits per heavy atom. The van der Waals surface area contributed by atoms with Crippen LogP contribution in [0.3, 0.4) is 0 Å². The lowest BCUT2D eigenvalue weighted by Gasteiger charge is -2.28. The zero-order chi connectivity index (χ0) is 22.4. The summed E-state index contributed by atoms with van der Waals surface area (Å²) in [6, 6.07) is 2.18. The first-order chi connectivity index (χ1) is 15.6. The zero-order valence-corrected chi connectivity index (χ0v) is 19.3. The number of amides is 1. The predicted octanol–water partition coefficient (Wildman–Crippen LogP) is 4.42. The molecule has 1 saturated carbocycles. The number of carbonyl (C=O) groups is 1. The van der Waals surface area contributed by atoms with Gasteiger partial charge >= 0.3 is 0 Å². The molecule has 3 aliphatic rings. The summed E-state index contributed by atoms with van der Waals surface area (Å²) in [6.45, 7) is 3.72. The largest absolute Gasteiger partial charge is 0.346 e. The molecular formula is C28H35N3O. The van der Waals surface area contributed by atoms with Gasteiger partial charge < -0.3 is 9.88 Å². The molecule has 1 unspecified atom stereocenters. The fraction of sp³-hybridized carbons (Fsp3) is 0.500. The summed E-state index contributed by atoms with van der Waals surface area (Å²) in [7, 11) is 0. The minimum absolute atomic E-state index is 0.231. The number of aromatic amines is 1. The highest BCUT2D eigenvalue weighted by Gasteiger charge is 2.44. The van der Waals surface area contributed by atoms with Crippen molar-refractivity contribution in [3.63, 3.8) is 0 Å². The number of rotatable bonds is 4. The van der Waals surface area contributed by atoms with Crippen molar-refractivity contribution in [1.29, 1.82) is 0 Å². The molecule has 1 aromatic rings. The quantitative estimate of drug-likeness (QED) is 0.559. The van der Waals surface area contributed by atoms with Gasteiger partial charge in [0.2, 0.25) is 5.91 Å². The van der Waals surface area contributed by atoms with E-state index in [1.165, 1.54) is 42.9 Å². The van der Waals surface area contributed by atoms with Crippen molar-refractivity contribution < 1.29 is 4.79 Å². The lowest BCUT2D eigenvalue weighted by molar-refractivity contribution is -0.131. The molecule has 1 atom stereocenters. The van der Waals surface area contributed by atoms with Crippen LogP contribution >= 0.6 is 0 Å². The van der Waals surface area contributed by atoms with Crippen molar-refractivity contribution in [2.75, 3.05) is 13.1 Å². The van der Waals surface area contributed by atoms with E-state index in [0.717, 1.165) is 43.4 Å². The Balaban J connectivity index is 1.57. The van der Waals surface area contributed by atoms with Gasteiger partial charge in [0.1, 0.15) is 5.49 Å². The molecule has 2 aliphatic heterocycles. The molecule has 0 bridgehead atoms. The molecule has 168 valence electrons. The molecule has 4 rings (SSSR count). The van der Waals surface area contributed by atoms with E-state index in [9.17, 15) is 4.79 Å². The lowest BCUT2D eigenvalue weighted by Crippen LogP contribution is -2.37. The number of fused-ring (bicyclic) bond motifs is 1. The van der Waals surface area contributed by atoms with E-state index in [1.54, 1.807) is 6.08 Å². The number of hydrogen-bond donors (Lipinski definition) is 1. The van der Waals surface area contributed by atoms with Crippen molar-refractivity contribution in [1.82, 2.24) is 9.88 Å². The minimum atomic E-state index is 0.231. The van der Waals surface area contributed by atoms with Gasteiger partial charge in [-0.05, 0) is 80.9 Å². The van der Waals surface area contributed by atoms with E-state index in [4.69, 9.17) is 6.42 Å². The number of nitrogens with zero attached hydrogens (tertiary/aromatic N) is 2. The van der Waals surface area contributed by atoms with Gasteiger partial charge in [-0.1, -0.05) is 36.1 Å². The van der Waals surface area contributed by atoms with Gasteiger partial charge in [-0.25, -0.2) is 4.99 Å². The van der Waals surface area contributed by atoms with Gasteiger partial charge in [0.05, 0.1) is 6.42 Å². The van der Waals surface area contributed by atoms with E-state index in [0.29, 0.717) is 17.8 Å². The molecule has 1 aliphatic carbocycles. The fourth-order valence-electron chi connectivity index (χ4n) is 5.31. The molecule has 2 fully saturated rings. The van der Waals surface area contributed by atoms with Gasteiger partial charge in [0.15, 0.2) is 0 Å². The molecule has 1 amide bonds. The molecule has 32 heavy (non-hydrogen) atoms. The molecule has 4 nitrogen and oxygen atoms in total. The van der Waals surface area contributed by atoms with Crippen LogP contribution in [-0.4, -0.2) is 28.9 Å².